The smallest absolute Gasteiger partial charge is 0.240 e. The Kier molecular flexibility index (Phi) is 5.85. The van der Waals surface area contributed by atoms with E-state index in [0.717, 1.165) is 16.9 Å². The van der Waals surface area contributed by atoms with E-state index >= 15 is 0 Å². The summed E-state index contributed by atoms with van der Waals surface area (Å²) < 4.78 is 38.2. The molecule has 0 unspecified atom stereocenters. The molecule has 1 N–H and O–H groups in total. The third kappa shape index (κ3) is 4.27. The van der Waals surface area contributed by atoms with Gasteiger partial charge in [0.15, 0.2) is 0 Å². The van der Waals surface area contributed by atoms with E-state index in [9.17, 15) is 8.42 Å². The maximum atomic E-state index is 12.4. The first-order chi connectivity index (χ1) is 11.3. The number of aryl methyl sites for hydroxylation is 3. The molecule has 2 aromatic carbocycles. The lowest BCUT2D eigenvalue weighted by atomic mass is 10.1. The van der Waals surface area contributed by atoms with Crippen LogP contribution >= 0.6 is 0 Å². The van der Waals surface area contributed by atoms with Crippen molar-refractivity contribution >= 4 is 10.0 Å². The van der Waals surface area contributed by atoms with E-state index in [1.807, 2.05) is 32.0 Å². The lowest BCUT2D eigenvalue weighted by Crippen LogP contribution is -2.29. The van der Waals surface area contributed by atoms with Crippen LogP contribution in [0.5, 0.6) is 11.5 Å². The summed E-state index contributed by atoms with van der Waals surface area (Å²) in [6.45, 7) is 6.13. The second-order valence-corrected chi connectivity index (χ2v) is 7.33. The van der Waals surface area contributed by atoms with Crippen molar-refractivity contribution in [3.63, 3.8) is 0 Å². The molecule has 0 bridgehead atoms. The van der Waals surface area contributed by atoms with E-state index in [1.165, 1.54) is 0 Å². The quantitative estimate of drug-likeness (QED) is 0.781. The number of hydrogen-bond donors (Lipinski definition) is 1. The Balaban J connectivity index is 1.98. The summed E-state index contributed by atoms with van der Waals surface area (Å²) in [7, 11) is -2.03. The maximum Gasteiger partial charge on any atom is 0.240 e. The largest absolute Gasteiger partial charge is 0.497 e. The standard InChI is InChI=1S/C18H23NO4S/c1-13-6-5-7-14(2)18(13)23-11-10-19-24(20,21)17-9-8-16(22-4)12-15(17)3/h5-9,12,19H,10-11H2,1-4H3. The highest BCUT2D eigenvalue weighted by Gasteiger charge is 2.16. The fourth-order valence-electron chi connectivity index (χ4n) is 2.48. The number of ether oxygens (including phenoxy) is 2. The Morgan fingerprint density at radius 3 is 2.25 bits per heavy atom. The van der Waals surface area contributed by atoms with Gasteiger partial charge in [-0.2, -0.15) is 0 Å². The Morgan fingerprint density at radius 1 is 1.00 bits per heavy atom. The molecule has 0 atom stereocenters. The number of benzene rings is 2. The van der Waals surface area contributed by atoms with Crippen LogP contribution in [0.1, 0.15) is 16.7 Å². The van der Waals surface area contributed by atoms with E-state index in [1.54, 1.807) is 32.2 Å². The summed E-state index contributed by atoms with van der Waals surface area (Å²) in [6, 6.07) is 10.8. The van der Waals surface area contributed by atoms with Gasteiger partial charge in [-0.15, -0.1) is 0 Å². The molecule has 0 aliphatic carbocycles. The minimum atomic E-state index is -3.58. The third-order valence-corrected chi connectivity index (χ3v) is 5.34. The summed E-state index contributed by atoms with van der Waals surface area (Å²) >= 11 is 0. The molecule has 24 heavy (non-hydrogen) atoms. The normalized spacial score (nSPS) is 11.3. The summed E-state index contributed by atoms with van der Waals surface area (Å²) in [5.41, 5.74) is 2.70. The summed E-state index contributed by atoms with van der Waals surface area (Å²) in [5, 5.41) is 0. The molecule has 0 fully saturated rings. The molecule has 0 heterocycles. The summed E-state index contributed by atoms with van der Waals surface area (Å²) in [4.78, 5) is 0.246. The molecule has 0 saturated carbocycles. The molecule has 5 nitrogen and oxygen atoms in total. The van der Waals surface area contributed by atoms with E-state index in [2.05, 4.69) is 4.72 Å². The second kappa shape index (κ2) is 7.68. The number of para-hydroxylation sites is 1. The van der Waals surface area contributed by atoms with Gasteiger partial charge in [0.25, 0.3) is 0 Å². The van der Waals surface area contributed by atoms with Crippen LogP contribution in [0, 0.1) is 20.8 Å². The first kappa shape index (κ1) is 18.3. The van der Waals surface area contributed by atoms with Gasteiger partial charge < -0.3 is 9.47 Å². The average molecular weight is 349 g/mol. The van der Waals surface area contributed by atoms with Crippen LogP contribution in [0.15, 0.2) is 41.3 Å². The van der Waals surface area contributed by atoms with Crippen molar-refractivity contribution in [1.29, 1.82) is 0 Å². The predicted octanol–water partition coefficient (Wildman–Crippen LogP) is 2.98. The van der Waals surface area contributed by atoms with Gasteiger partial charge >= 0.3 is 0 Å². The second-order valence-electron chi connectivity index (χ2n) is 5.60. The highest BCUT2D eigenvalue weighted by atomic mass is 32.2. The van der Waals surface area contributed by atoms with Gasteiger partial charge in [0.1, 0.15) is 18.1 Å². The van der Waals surface area contributed by atoms with Crippen molar-refractivity contribution in [2.24, 2.45) is 0 Å². The number of rotatable bonds is 7. The Labute approximate surface area is 143 Å². The highest BCUT2D eigenvalue weighted by Crippen LogP contribution is 2.22. The maximum absolute atomic E-state index is 12.4. The van der Waals surface area contributed by atoms with Gasteiger partial charge in [0.2, 0.25) is 10.0 Å². The molecule has 0 radical (unpaired) electrons. The fraction of sp³-hybridized carbons (Fsp3) is 0.333. The van der Waals surface area contributed by atoms with Crippen molar-refractivity contribution in [3.8, 4) is 11.5 Å². The van der Waals surface area contributed by atoms with Gasteiger partial charge in [0.05, 0.1) is 12.0 Å². The average Bonchev–Trinajstić information content (AvgIpc) is 2.53. The lowest BCUT2D eigenvalue weighted by molar-refractivity contribution is 0.318. The first-order valence-corrected chi connectivity index (χ1v) is 9.17. The van der Waals surface area contributed by atoms with Gasteiger partial charge in [-0.05, 0) is 55.7 Å². The highest BCUT2D eigenvalue weighted by molar-refractivity contribution is 7.89. The zero-order valence-electron chi connectivity index (χ0n) is 14.4. The zero-order chi connectivity index (χ0) is 17.7. The molecular formula is C18H23NO4S. The van der Waals surface area contributed by atoms with E-state index < -0.39 is 10.0 Å². The minimum Gasteiger partial charge on any atom is -0.497 e. The van der Waals surface area contributed by atoms with Crippen LogP contribution < -0.4 is 14.2 Å². The lowest BCUT2D eigenvalue weighted by Gasteiger charge is -2.13. The van der Waals surface area contributed by atoms with Crippen LogP contribution in [-0.4, -0.2) is 28.7 Å². The number of nitrogens with one attached hydrogen (secondary N) is 1. The van der Waals surface area contributed by atoms with E-state index in [4.69, 9.17) is 9.47 Å². The number of sulfonamides is 1. The van der Waals surface area contributed by atoms with Crippen LogP contribution in [0.25, 0.3) is 0 Å². The minimum absolute atomic E-state index is 0.196. The van der Waals surface area contributed by atoms with Gasteiger partial charge in [0, 0.05) is 6.54 Å². The van der Waals surface area contributed by atoms with Crippen LogP contribution in [0.2, 0.25) is 0 Å². The van der Waals surface area contributed by atoms with Crippen molar-refractivity contribution < 1.29 is 17.9 Å². The fourth-order valence-corrected chi connectivity index (χ4v) is 3.72. The molecule has 6 heteroatoms. The van der Waals surface area contributed by atoms with E-state index in [0.29, 0.717) is 11.3 Å². The van der Waals surface area contributed by atoms with Gasteiger partial charge in [-0.1, -0.05) is 18.2 Å². The Morgan fingerprint density at radius 2 is 1.67 bits per heavy atom. The molecule has 0 aliphatic heterocycles. The molecule has 130 valence electrons. The number of methoxy groups -OCH3 is 1. The van der Waals surface area contributed by atoms with E-state index in [-0.39, 0.29) is 18.0 Å². The van der Waals surface area contributed by atoms with Crippen LogP contribution in [-0.2, 0) is 10.0 Å². The molecule has 0 saturated heterocycles. The topological polar surface area (TPSA) is 64.6 Å². The van der Waals surface area contributed by atoms with Crippen LogP contribution in [0.4, 0.5) is 0 Å². The van der Waals surface area contributed by atoms with Gasteiger partial charge in [-0.3, -0.25) is 0 Å². The Hall–Kier alpha value is -2.05. The molecular weight excluding hydrogens is 326 g/mol. The zero-order valence-corrected chi connectivity index (χ0v) is 15.2. The summed E-state index contributed by atoms with van der Waals surface area (Å²) in [5.74, 6) is 1.43. The van der Waals surface area contributed by atoms with Crippen molar-refractivity contribution in [2.45, 2.75) is 25.7 Å². The number of hydrogen-bond acceptors (Lipinski definition) is 4. The molecule has 0 amide bonds. The predicted molar refractivity (Wildman–Crippen MR) is 94.3 cm³/mol. The van der Waals surface area contributed by atoms with Gasteiger partial charge in [-0.25, -0.2) is 13.1 Å². The monoisotopic (exact) mass is 349 g/mol. The third-order valence-electron chi connectivity index (χ3n) is 3.72. The van der Waals surface area contributed by atoms with Crippen molar-refractivity contribution in [1.82, 2.24) is 4.72 Å². The molecule has 0 aliphatic rings. The molecule has 0 aromatic heterocycles. The molecule has 2 aromatic rings. The van der Waals surface area contributed by atoms with Crippen LogP contribution in [0.3, 0.4) is 0 Å². The Bertz CT molecular complexity index is 796. The van der Waals surface area contributed by atoms with Crippen molar-refractivity contribution in [2.75, 3.05) is 20.3 Å². The van der Waals surface area contributed by atoms with Crippen molar-refractivity contribution in [3.05, 3.63) is 53.1 Å². The molecule has 0 spiro atoms. The molecule has 2 rings (SSSR count). The SMILES string of the molecule is COc1ccc(S(=O)(=O)NCCOc2c(C)cccc2C)c(C)c1. The summed E-state index contributed by atoms with van der Waals surface area (Å²) in [6.07, 6.45) is 0. The first-order valence-electron chi connectivity index (χ1n) is 7.68.